The summed E-state index contributed by atoms with van der Waals surface area (Å²) in [6.07, 6.45) is 0. The van der Waals surface area contributed by atoms with Crippen molar-refractivity contribution in [3.05, 3.63) is 71.5 Å². The van der Waals surface area contributed by atoms with Crippen LogP contribution in [0, 0.1) is 17.7 Å². The highest BCUT2D eigenvalue weighted by Gasteiger charge is 2.03. The molecule has 0 aliphatic heterocycles. The molecule has 0 radical (unpaired) electrons. The zero-order valence-electron chi connectivity index (χ0n) is 11.8. The minimum atomic E-state index is -0.258. The van der Waals surface area contributed by atoms with Gasteiger partial charge < -0.3 is 5.11 Å². The van der Waals surface area contributed by atoms with E-state index in [0.29, 0.717) is 13.1 Å². The van der Waals surface area contributed by atoms with Gasteiger partial charge in [-0.15, -0.1) is 0 Å². The molecule has 0 saturated heterocycles. The first-order valence-corrected chi connectivity index (χ1v) is 6.89. The Morgan fingerprint density at radius 1 is 1.00 bits per heavy atom. The predicted octanol–water partition coefficient (Wildman–Crippen LogP) is 2.67. The SMILES string of the molecule is OCCN(CC#Cc1ccc(F)cc1)Cc1ccccc1. The Morgan fingerprint density at radius 3 is 2.38 bits per heavy atom. The van der Waals surface area contributed by atoms with E-state index in [4.69, 9.17) is 5.11 Å². The first kappa shape index (κ1) is 15.2. The van der Waals surface area contributed by atoms with Gasteiger partial charge in [-0.05, 0) is 29.8 Å². The zero-order valence-corrected chi connectivity index (χ0v) is 11.8. The molecule has 0 aliphatic carbocycles. The number of hydrogen-bond donors (Lipinski definition) is 1. The van der Waals surface area contributed by atoms with E-state index in [1.807, 2.05) is 18.2 Å². The molecule has 1 N–H and O–H groups in total. The number of rotatable bonds is 5. The van der Waals surface area contributed by atoms with Crippen LogP contribution in [0.1, 0.15) is 11.1 Å². The summed E-state index contributed by atoms with van der Waals surface area (Å²) < 4.78 is 12.8. The third-order valence-corrected chi connectivity index (χ3v) is 3.04. The molecule has 2 nitrogen and oxygen atoms in total. The van der Waals surface area contributed by atoms with Crippen molar-refractivity contribution in [3.8, 4) is 11.8 Å². The second-order valence-corrected chi connectivity index (χ2v) is 4.73. The minimum Gasteiger partial charge on any atom is -0.395 e. The second-order valence-electron chi connectivity index (χ2n) is 4.73. The topological polar surface area (TPSA) is 23.5 Å². The van der Waals surface area contributed by atoms with Crippen molar-refractivity contribution >= 4 is 0 Å². The van der Waals surface area contributed by atoms with E-state index in [0.717, 1.165) is 12.1 Å². The predicted molar refractivity (Wildman–Crippen MR) is 82.1 cm³/mol. The smallest absolute Gasteiger partial charge is 0.123 e. The lowest BCUT2D eigenvalue weighted by molar-refractivity contribution is 0.205. The fraction of sp³-hybridized carbons (Fsp3) is 0.222. The molecule has 0 spiro atoms. The van der Waals surface area contributed by atoms with Crippen molar-refractivity contribution in [2.24, 2.45) is 0 Å². The fourth-order valence-electron chi connectivity index (χ4n) is 1.98. The van der Waals surface area contributed by atoms with Crippen LogP contribution in [0.25, 0.3) is 0 Å². The molecular formula is C18H18FNO. The molecule has 0 heterocycles. The third kappa shape index (κ3) is 5.39. The first-order valence-electron chi connectivity index (χ1n) is 6.89. The number of nitrogens with zero attached hydrogens (tertiary/aromatic N) is 1. The van der Waals surface area contributed by atoms with Gasteiger partial charge in [-0.1, -0.05) is 42.2 Å². The molecule has 0 amide bonds. The van der Waals surface area contributed by atoms with Crippen molar-refractivity contribution in [3.63, 3.8) is 0 Å². The Hall–Kier alpha value is -2.15. The molecule has 0 saturated carbocycles. The number of benzene rings is 2. The fourth-order valence-corrected chi connectivity index (χ4v) is 1.98. The lowest BCUT2D eigenvalue weighted by atomic mass is 10.2. The van der Waals surface area contributed by atoms with E-state index in [-0.39, 0.29) is 12.4 Å². The first-order chi connectivity index (χ1) is 10.3. The molecule has 2 rings (SSSR count). The van der Waals surface area contributed by atoms with Crippen LogP contribution in [-0.4, -0.2) is 29.7 Å². The zero-order chi connectivity index (χ0) is 14.9. The third-order valence-electron chi connectivity index (χ3n) is 3.04. The van der Waals surface area contributed by atoms with Crippen molar-refractivity contribution in [1.82, 2.24) is 4.90 Å². The number of halogens is 1. The second kappa shape index (κ2) is 8.21. The van der Waals surface area contributed by atoms with E-state index in [9.17, 15) is 4.39 Å². The molecule has 0 atom stereocenters. The maximum Gasteiger partial charge on any atom is 0.123 e. The van der Waals surface area contributed by atoms with Crippen LogP contribution in [0.5, 0.6) is 0 Å². The van der Waals surface area contributed by atoms with Gasteiger partial charge >= 0.3 is 0 Å². The van der Waals surface area contributed by atoms with Crippen LogP contribution in [0.4, 0.5) is 4.39 Å². The molecule has 108 valence electrons. The summed E-state index contributed by atoms with van der Waals surface area (Å²) in [5, 5.41) is 9.13. The largest absolute Gasteiger partial charge is 0.395 e. The molecule has 0 aromatic heterocycles. The van der Waals surface area contributed by atoms with Crippen LogP contribution >= 0.6 is 0 Å². The summed E-state index contributed by atoms with van der Waals surface area (Å²) in [6, 6.07) is 16.2. The van der Waals surface area contributed by atoms with Crippen LogP contribution in [-0.2, 0) is 6.54 Å². The molecule has 0 aliphatic rings. The minimum absolute atomic E-state index is 0.102. The number of hydrogen-bond acceptors (Lipinski definition) is 2. The van der Waals surface area contributed by atoms with Crippen LogP contribution in [0.15, 0.2) is 54.6 Å². The van der Waals surface area contributed by atoms with Crippen LogP contribution in [0.3, 0.4) is 0 Å². The Labute approximate surface area is 124 Å². The molecule has 2 aromatic carbocycles. The van der Waals surface area contributed by atoms with E-state index >= 15 is 0 Å². The highest BCUT2D eigenvalue weighted by molar-refractivity contribution is 5.34. The Bertz CT molecular complexity index is 599. The standard InChI is InChI=1S/C18H18FNO/c19-18-10-8-16(9-11-18)7-4-12-20(13-14-21)15-17-5-2-1-3-6-17/h1-3,5-6,8-11,21H,12-15H2. The summed E-state index contributed by atoms with van der Waals surface area (Å²) in [6.45, 7) is 1.99. The van der Waals surface area contributed by atoms with E-state index in [2.05, 4.69) is 28.9 Å². The molecule has 21 heavy (non-hydrogen) atoms. The highest BCUT2D eigenvalue weighted by Crippen LogP contribution is 2.04. The van der Waals surface area contributed by atoms with Gasteiger partial charge in [0.2, 0.25) is 0 Å². The molecule has 0 bridgehead atoms. The Kier molecular flexibility index (Phi) is 5.96. The summed E-state index contributed by atoms with van der Waals surface area (Å²) >= 11 is 0. The van der Waals surface area contributed by atoms with E-state index < -0.39 is 0 Å². The van der Waals surface area contributed by atoms with Gasteiger partial charge in [-0.25, -0.2) is 4.39 Å². The quantitative estimate of drug-likeness (QED) is 0.853. The average molecular weight is 283 g/mol. The van der Waals surface area contributed by atoms with Crippen molar-refractivity contribution < 1.29 is 9.50 Å². The van der Waals surface area contributed by atoms with Crippen molar-refractivity contribution in [2.45, 2.75) is 6.54 Å². The van der Waals surface area contributed by atoms with Gasteiger partial charge in [-0.2, -0.15) is 0 Å². The summed E-state index contributed by atoms with van der Waals surface area (Å²) in [5.74, 6) is 5.82. The van der Waals surface area contributed by atoms with Gasteiger partial charge in [0.25, 0.3) is 0 Å². The van der Waals surface area contributed by atoms with Gasteiger partial charge in [0.05, 0.1) is 13.2 Å². The van der Waals surface area contributed by atoms with E-state index in [1.54, 1.807) is 12.1 Å². The number of aliphatic hydroxyl groups is 1. The van der Waals surface area contributed by atoms with Crippen molar-refractivity contribution in [1.29, 1.82) is 0 Å². The van der Waals surface area contributed by atoms with Crippen LogP contribution < -0.4 is 0 Å². The molecule has 0 unspecified atom stereocenters. The van der Waals surface area contributed by atoms with E-state index in [1.165, 1.54) is 17.7 Å². The van der Waals surface area contributed by atoms with Gasteiger partial charge in [-0.3, -0.25) is 4.90 Å². The van der Waals surface area contributed by atoms with Gasteiger partial charge in [0.1, 0.15) is 5.82 Å². The van der Waals surface area contributed by atoms with Crippen molar-refractivity contribution in [2.75, 3.05) is 19.7 Å². The maximum atomic E-state index is 12.8. The summed E-state index contributed by atoms with van der Waals surface area (Å²) in [5.41, 5.74) is 1.98. The molecular weight excluding hydrogens is 265 g/mol. The molecule has 2 aromatic rings. The normalized spacial score (nSPS) is 10.2. The highest BCUT2D eigenvalue weighted by atomic mass is 19.1. The monoisotopic (exact) mass is 283 g/mol. The lowest BCUT2D eigenvalue weighted by Gasteiger charge is -2.18. The Balaban J connectivity index is 1.95. The van der Waals surface area contributed by atoms with Crippen LogP contribution in [0.2, 0.25) is 0 Å². The lowest BCUT2D eigenvalue weighted by Crippen LogP contribution is -2.26. The maximum absolute atomic E-state index is 12.8. The molecule has 0 fully saturated rings. The summed E-state index contributed by atoms with van der Waals surface area (Å²) in [7, 11) is 0. The average Bonchev–Trinajstić information content (AvgIpc) is 2.50. The van der Waals surface area contributed by atoms with Gasteiger partial charge in [0.15, 0.2) is 0 Å². The Morgan fingerprint density at radius 2 is 1.71 bits per heavy atom. The molecule has 3 heteroatoms. The summed E-state index contributed by atoms with van der Waals surface area (Å²) in [4.78, 5) is 2.08. The number of aliphatic hydroxyl groups excluding tert-OH is 1. The van der Waals surface area contributed by atoms with Gasteiger partial charge in [0, 0.05) is 18.7 Å².